The van der Waals surface area contributed by atoms with Crippen molar-refractivity contribution >= 4 is 34.9 Å². The largest absolute Gasteiger partial charge is 0.497 e. The molecule has 1 atom stereocenters. The molecule has 1 fully saturated rings. The highest BCUT2D eigenvalue weighted by atomic mass is 32.2. The normalized spacial score (nSPS) is 15.5. The van der Waals surface area contributed by atoms with Crippen LogP contribution in [-0.4, -0.2) is 56.1 Å². The number of carbonyl (C=O) groups excluding carboxylic acids is 2. The molecular weight excluding hydrogens is 440 g/mol. The zero-order chi connectivity index (χ0) is 23.5. The second-order valence-corrected chi connectivity index (χ2v) is 8.76. The molecular formula is C23H24N6O3S. The lowest BCUT2D eigenvalue weighted by atomic mass is 10.1. The van der Waals surface area contributed by atoms with Crippen LogP contribution in [0.15, 0.2) is 30.5 Å². The summed E-state index contributed by atoms with van der Waals surface area (Å²) in [4.78, 5) is 32.0. The lowest BCUT2D eigenvalue weighted by Crippen LogP contribution is -2.44. The van der Waals surface area contributed by atoms with Gasteiger partial charge in [0.25, 0.3) is 0 Å². The Bertz CT molecular complexity index is 1250. The van der Waals surface area contributed by atoms with Crippen LogP contribution in [0.2, 0.25) is 0 Å². The van der Waals surface area contributed by atoms with E-state index in [2.05, 4.69) is 21.5 Å². The maximum Gasteiger partial charge on any atom is 0.248 e. The number of benzene rings is 1. The molecule has 33 heavy (non-hydrogen) atoms. The van der Waals surface area contributed by atoms with Gasteiger partial charge < -0.3 is 15.0 Å². The molecule has 10 heteroatoms. The molecule has 0 spiro atoms. The minimum atomic E-state index is -0.517. The average Bonchev–Trinajstić information content (AvgIpc) is 3.46. The van der Waals surface area contributed by atoms with E-state index in [1.54, 1.807) is 52.6 Å². The van der Waals surface area contributed by atoms with Crippen molar-refractivity contribution in [2.24, 2.45) is 0 Å². The highest BCUT2D eigenvalue weighted by Gasteiger charge is 2.34. The molecule has 2 amide bonds. The van der Waals surface area contributed by atoms with Crippen molar-refractivity contribution in [2.75, 3.05) is 24.1 Å². The van der Waals surface area contributed by atoms with Gasteiger partial charge in [-0.1, -0.05) is 0 Å². The molecule has 1 aromatic carbocycles. The zero-order valence-corrected chi connectivity index (χ0v) is 19.5. The Morgan fingerprint density at radius 2 is 2.06 bits per heavy atom. The molecule has 1 aliphatic heterocycles. The summed E-state index contributed by atoms with van der Waals surface area (Å²) in [7, 11) is 1.59. The van der Waals surface area contributed by atoms with E-state index >= 15 is 0 Å². The van der Waals surface area contributed by atoms with Crippen LogP contribution in [0.4, 0.5) is 5.69 Å². The number of amides is 2. The minimum absolute atomic E-state index is 0.0769. The number of carbonyl (C=O) groups is 2. The molecule has 0 radical (unpaired) electrons. The average molecular weight is 465 g/mol. The van der Waals surface area contributed by atoms with Gasteiger partial charge in [-0.2, -0.15) is 10.4 Å². The molecule has 9 nitrogen and oxygen atoms in total. The van der Waals surface area contributed by atoms with Gasteiger partial charge in [-0.15, -0.1) is 11.8 Å². The van der Waals surface area contributed by atoms with Crippen LogP contribution in [0.3, 0.4) is 0 Å². The summed E-state index contributed by atoms with van der Waals surface area (Å²) >= 11 is 1.57. The van der Waals surface area contributed by atoms with Gasteiger partial charge in [-0.25, -0.2) is 9.50 Å². The second-order valence-electron chi connectivity index (χ2n) is 7.76. The standard InChI is InChI=1S/C23H24N6O3S/c1-14-19(15(2)29-22(26-14)16(10-24)11-25-29)8-9-21(30)28-13-33-12-20(28)23(31)27-17-4-6-18(32-3)7-5-17/h4-7,11,20H,8-9,12-13H2,1-3H3,(H,27,31). The van der Waals surface area contributed by atoms with Gasteiger partial charge >= 0.3 is 0 Å². The molecule has 3 heterocycles. The Morgan fingerprint density at radius 1 is 1.30 bits per heavy atom. The number of hydrogen-bond acceptors (Lipinski definition) is 7. The number of thioether (sulfide) groups is 1. The van der Waals surface area contributed by atoms with E-state index < -0.39 is 6.04 Å². The molecule has 4 rings (SSSR count). The van der Waals surface area contributed by atoms with Crippen LogP contribution in [-0.2, 0) is 16.0 Å². The Balaban J connectivity index is 1.43. The molecule has 170 valence electrons. The zero-order valence-electron chi connectivity index (χ0n) is 18.7. The summed E-state index contributed by atoms with van der Waals surface area (Å²) in [5, 5.41) is 16.4. The number of methoxy groups -OCH3 is 1. The van der Waals surface area contributed by atoms with E-state index in [1.165, 1.54) is 6.20 Å². The number of nitrogens with zero attached hydrogens (tertiary/aromatic N) is 5. The molecule has 3 aromatic rings. The molecule has 1 N–H and O–H groups in total. The minimum Gasteiger partial charge on any atom is -0.497 e. The van der Waals surface area contributed by atoms with Crippen molar-refractivity contribution in [1.82, 2.24) is 19.5 Å². The first-order valence-corrected chi connectivity index (χ1v) is 11.6. The van der Waals surface area contributed by atoms with Crippen molar-refractivity contribution in [2.45, 2.75) is 32.7 Å². The van der Waals surface area contributed by atoms with Crippen LogP contribution >= 0.6 is 11.8 Å². The molecule has 1 aliphatic rings. The second kappa shape index (κ2) is 9.50. The van der Waals surface area contributed by atoms with E-state index in [4.69, 9.17) is 4.74 Å². The van der Waals surface area contributed by atoms with Crippen molar-refractivity contribution in [3.8, 4) is 11.8 Å². The maximum atomic E-state index is 13.0. The third kappa shape index (κ3) is 4.50. The number of anilines is 1. The Hall–Kier alpha value is -3.58. The summed E-state index contributed by atoms with van der Waals surface area (Å²) < 4.78 is 6.78. The number of aryl methyl sites for hydroxylation is 2. The number of aromatic nitrogens is 3. The SMILES string of the molecule is COc1ccc(NC(=O)C2CSCN2C(=O)CCc2c(C)nc3c(C#N)cnn3c2C)cc1. The van der Waals surface area contributed by atoms with E-state index in [1.807, 2.05) is 13.8 Å². The molecule has 0 aliphatic carbocycles. The van der Waals surface area contributed by atoms with Crippen LogP contribution in [0.25, 0.3) is 5.65 Å². The van der Waals surface area contributed by atoms with Gasteiger partial charge in [0.2, 0.25) is 11.8 Å². The first kappa shape index (κ1) is 22.6. The topological polar surface area (TPSA) is 113 Å². The summed E-state index contributed by atoms with van der Waals surface area (Å²) in [6.45, 7) is 3.78. The van der Waals surface area contributed by atoms with Gasteiger partial charge in [0.05, 0.1) is 19.2 Å². The van der Waals surface area contributed by atoms with Crippen LogP contribution < -0.4 is 10.1 Å². The number of rotatable bonds is 6. The van der Waals surface area contributed by atoms with Crippen molar-refractivity contribution in [3.05, 3.63) is 53.0 Å². The first-order valence-electron chi connectivity index (χ1n) is 10.5. The molecule has 1 saturated heterocycles. The number of nitriles is 1. The maximum absolute atomic E-state index is 13.0. The van der Waals surface area contributed by atoms with Gasteiger partial charge in [-0.05, 0) is 50.1 Å². The van der Waals surface area contributed by atoms with Gasteiger partial charge in [0, 0.05) is 29.2 Å². The number of hydrogen-bond donors (Lipinski definition) is 1. The quantitative estimate of drug-likeness (QED) is 0.597. The van der Waals surface area contributed by atoms with Crippen LogP contribution in [0, 0.1) is 25.2 Å². The van der Waals surface area contributed by atoms with Crippen molar-refractivity contribution in [3.63, 3.8) is 0 Å². The van der Waals surface area contributed by atoms with Gasteiger partial charge in [0.15, 0.2) is 5.65 Å². The number of fused-ring (bicyclic) bond motifs is 1. The Morgan fingerprint density at radius 3 is 2.76 bits per heavy atom. The van der Waals surface area contributed by atoms with E-state index in [9.17, 15) is 14.9 Å². The van der Waals surface area contributed by atoms with Crippen LogP contribution in [0.1, 0.15) is 28.9 Å². The third-order valence-corrected chi connectivity index (χ3v) is 6.79. The number of ether oxygens (including phenoxy) is 1. The highest BCUT2D eigenvalue weighted by Crippen LogP contribution is 2.25. The van der Waals surface area contributed by atoms with E-state index in [0.29, 0.717) is 40.7 Å². The van der Waals surface area contributed by atoms with Crippen molar-refractivity contribution in [1.29, 1.82) is 5.26 Å². The monoisotopic (exact) mass is 464 g/mol. The highest BCUT2D eigenvalue weighted by molar-refractivity contribution is 7.99. The van der Waals surface area contributed by atoms with E-state index in [0.717, 1.165) is 17.0 Å². The Labute approximate surface area is 195 Å². The fourth-order valence-corrected chi connectivity index (χ4v) is 5.11. The molecule has 0 saturated carbocycles. The summed E-state index contributed by atoms with van der Waals surface area (Å²) in [5.74, 6) is 1.48. The predicted molar refractivity (Wildman–Crippen MR) is 125 cm³/mol. The summed E-state index contributed by atoms with van der Waals surface area (Å²) in [5.41, 5.74) is 4.16. The summed E-state index contributed by atoms with van der Waals surface area (Å²) in [6.07, 6.45) is 2.24. The van der Waals surface area contributed by atoms with Crippen molar-refractivity contribution < 1.29 is 14.3 Å². The molecule has 0 bridgehead atoms. The smallest absolute Gasteiger partial charge is 0.248 e. The Kier molecular flexibility index (Phi) is 6.51. The summed E-state index contributed by atoms with van der Waals surface area (Å²) in [6, 6.07) is 8.67. The first-order chi connectivity index (χ1) is 15.9. The lowest BCUT2D eigenvalue weighted by molar-refractivity contribution is -0.136. The van der Waals surface area contributed by atoms with E-state index in [-0.39, 0.29) is 18.2 Å². The fraction of sp³-hybridized carbons (Fsp3) is 0.348. The third-order valence-electron chi connectivity index (χ3n) is 5.78. The van der Waals surface area contributed by atoms with Gasteiger partial charge in [-0.3, -0.25) is 9.59 Å². The van der Waals surface area contributed by atoms with Gasteiger partial charge in [0.1, 0.15) is 23.4 Å². The number of nitrogens with one attached hydrogen (secondary N) is 1. The lowest BCUT2D eigenvalue weighted by Gasteiger charge is -2.23. The fourth-order valence-electron chi connectivity index (χ4n) is 3.93. The molecule has 1 unspecified atom stereocenters. The van der Waals surface area contributed by atoms with Crippen LogP contribution in [0.5, 0.6) is 5.75 Å². The predicted octanol–water partition coefficient (Wildman–Crippen LogP) is 2.70. The molecule has 2 aromatic heterocycles.